The summed E-state index contributed by atoms with van der Waals surface area (Å²) in [4.78, 5) is 14.3. The topological polar surface area (TPSA) is 50.2 Å². The molecule has 7 heteroatoms. The monoisotopic (exact) mass is 405 g/mol. The van der Waals surface area contributed by atoms with Gasteiger partial charge < -0.3 is 5.11 Å². The van der Waals surface area contributed by atoms with E-state index in [1.165, 1.54) is 6.07 Å². The molecule has 0 unspecified atom stereocenters. The van der Waals surface area contributed by atoms with E-state index in [9.17, 15) is 13.6 Å². The molecule has 0 amide bonds. The van der Waals surface area contributed by atoms with Crippen LogP contribution >= 0.6 is 38.5 Å². The lowest BCUT2D eigenvalue weighted by Gasteiger charge is -2.09. The zero-order valence-electron chi connectivity index (χ0n) is 7.88. The number of alkyl halides is 3. The molecule has 1 aromatic heterocycles. The minimum Gasteiger partial charge on any atom is -0.481 e. The third kappa shape index (κ3) is 3.34. The zero-order valence-corrected chi connectivity index (χ0v) is 11.6. The predicted molar refractivity (Wildman–Crippen MR) is 65.9 cm³/mol. The van der Waals surface area contributed by atoms with Crippen molar-refractivity contribution in [2.75, 3.05) is 0 Å². The summed E-state index contributed by atoms with van der Waals surface area (Å²) in [6.07, 6.45) is -2.86. The number of nitrogens with zero attached hydrogens (tertiary/aromatic N) is 1. The van der Waals surface area contributed by atoms with Crippen molar-refractivity contribution in [3.05, 3.63) is 26.6 Å². The second kappa shape index (κ2) is 5.85. The van der Waals surface area contributed by atoms with Crippen LogP contribution in [0.15, 0.2) is 6.07 Å². The van der Waals surface area contributed by atoms with Crippen molar-refractivity contribution in [2.24, 2.45) is 0 Å². The third-order valence-corrected chi connectivity index (χ3v) is 3.38. The van der Waals surface area contributed by atoms with Gasteiger partial charge in [0.15, 0.2) is 0 Å². The first-order valence-corrected chi connectivity index (χ1v) is 6.39. The Morgan fingerprint density at radius 1 is 1.62 bits per heavy atom. The van der Waals surface area contributed by atoms with Crippen LogP contribution in [0.4, 0.5) is 8.78 Å². The maximum absolute atomic E-state index is 12.5. The fraction of sp³-hybridized carbons (Fsp3) is 0.333. The number of hydrogen-bond acceptors (Lipinski definition) is 2. The van der Waals surface area contributed by atoms with Crippen LogP contribution in [0.3, 0.4) is 0 Å². The van der Waals surface area contributed by atoms with Gasteiger partial charge in [-0.15, -0.1) is 0 Å². The minimum atomic E-state index is -2.65. The molecule has 0 aromatic carbocycles. The second-order valence-corrected chi connectivity index (χ2v) is 4.56. The van der Waals surface area contributed by atoms with E-state index < -0.39 is 12.4 Å². The Hall–Kier alpha value is -0.310. The Morgan fingerprint density at radius 2 is 2.25 bits per heavy atom. The lowest BCUT2D eigenvalue weighted by molar-refractivity contribution is -0.136. The van der Waals surface area contributed by atoms with E-state index in [1.54, 1.807) is 22.6 Å². The molecule has 0 aliphatic rings. The highest BCUT2D eigenvalue weighted by Crippen LogP contribution is 2.25. The molecule has 0 aliphatic carbocycles. The Morgan fingerprint density at radius 3 is 2.69 bits per heavy atom. The number of carboxylic acids is 1. The van der Waals surface area contributed by atoms with Crippen molar-refractivity contribution in [3.8, 4) is 0 Å². The summed E-state index contributed by atoms with van der Waals surface area (Å²) in [6.45, 7) is 0. The molecule has 3 nitrogen and oxygen atoms in total. The number of hydrogen-bond donors (Lipinski definition) is 1. The van der Waals surface area contributed by atoms with Crippen molar-refractivity contribution in [1.82, 2.24) is 4.98 Å². The minimum absolute atomic E-state index is 0.213. The lowest BCUT2D eigenvalue weighted by Crippen LogP contribution is -2.08. The van der Waals surface area contributed by atoms with Crippen LogP contribution in [-0.2, 0) is 16.5 Å². The summed E-state index contributed by atoms with van der Waals surface area (Å²) in [6, 6.07) is 1.24. The van der Waals surface area contributed by atoms with E-state index >= 15 is 0 Å². The van der Waals surface area contributed by atoms with Crippen LogP contribution in [-0.4, -0.2) is 16.1 Å². The zero-order chi connectivity index (χ0) is 12.3. The Balaban J connectivity index is 3.22. The maximum atomic E-state index is 12.5. The second-order valence-electron chi connectivity index (χ2n) is 2.98. The molecule has 1 N–H and O–H groups in total. The summed E-state index contributed by atoms with van der Waals surface area (Å²) in [5.74, 6) is -1.01. The lowest BCUT2D eigenvalue weighted by atomic mass is 10.1. The van der Waals surface area contributed by atoms with Crippen LogP contribution in [0, 0.1) is 3.70 Å². The molecule has 0 fully saturated rings. The maximum Gasteiger partial charge on any atom is 0.307 e. The smallest absolute Gasteiger partial charge is 0.307 e. The quantitative estimate of drug-likeness (QED) is 0.475. The standard InChI is InChI=1S/C9H7BrF2INO2/c10-3-4-1-6(8(11)12)14-9(13)5(4)2-7(15)16/h1,8H,2-3H2,(H,15,16). The summed E-state index contributed by atoms with van der Waals surface area (Å²) in [7, 11) is 0. The van der Waals surface area contributed by atoms with Gasteiger partial charge in [-0.25, -0.2) is 13.8 Å². The van der Waals surface area contributed by atoms with Gasteiger partial charge in [-0.1, -0.05) is 15.9 Å². The van der Waals surface area contributed by atoms with E-state index in [0.29, 0.717) is 20.2 Å². The van der Waals surface area contributed by atoms with E-state index in [2.05, 4.69) is 20.9 Å². The van der Waals surface area contributed by atoms with Gasteiger partial charge in [-0.3, -0.25) is 4.79 Å². The third-order valence-electron chi connectivity index (χ3n) is 1.88. The molecule has 0 saturated carbocycles. The molecule has 0 aliphatic heterocycles. The van der Waals surface area contributed by atoms with E-state index in [1.807, 2.05) is 0 Å². The molecular formula is C9H7BrF2INO2. The van der Waals surface area contributed by atoms with Crippen molar-refractivity contribution in [2.45, 2.75) is 18.2 Å². The number of carbonyl (C=O) groups is 1. The average Bonchev–Trinajstić information content (AvgIpc) is 2.19. The SMILES string of the molecule is O=C(O)Cc1c(CBr)cc(C(F)F)nc1I. The Kier molecular flexibility index (Phi) is 5.03. The van der Waals surface area contributed by atoms with E-state index in [-0.39, 0.29) is 12.1 Å². The average molecular weight is 406 g/mol. The van der Waals surface area contributed by atoms with Gasteiger partial charge in [0, 0.05) is 5.33 Å². The first-order valence-electron chi connectivity index (χ1n) is 4.19. The van der Waals surface area contributed by atoms with Crippen molar-refractivity contribution >= 4 is 44.5 Å². The number of rotatable bonds is 4. The summed E-state index contributed by atoms with van der Waals surface area (Å²) in [5, 5.41) is 9.02. The number of halogens is 4. The summed E-state index contributed by atoms with van der Waals surface area (Å²) < 4.78 is 25.2. The summed E-state index contributed by atoms with van der Waals surface area (Å²) >= 11 is 4.92. The highest BCUT2D eigenvalue weighted by atomic mass is 127. The van der Waals surface area contributed by atoms with Gasteiger partial charge in [-0.2, -0.15) is 0 Å². The molecule has 16 heavy (non-hydrogen) atoms. The van der Waals surface area contributed by atoms with E-state index in [4.69, 9.17) is 5.11 Å². The van der Waals surface area contributed by atoms with Gasteiger partial charge >= 0.3 is 5.97 Å². The molecule has 0 radical (unpaired) electrons. The number of aliphatic carboxylic acids is 1. The van der Waals surface area contributed by atoms with Crippen molar-refractivity contribution in [1.29, 1.82) is 0 Å². The predicted octanol–water partition coefficient (Wildman–Crippen LogP) is 3.15. The van der Waals surface area contributed by atoms with Gasteiger partial charge in [0.2, 0.25) is 0 Å². The molecule has 1 rings (SSSR count). The highest BCUT2D eigenvalue weighted by Gasteiger charge is 2.17. The Labute approximate surface area is 113 Å². The molecule has 1 aromatic rings. The van der Waals surface area contributed by atoms with Crippen molar-refractivity contribution in [3.63, 3.8) is 0 Å². The number of pyridine rings is 1. The van der Waals surface area contributed by atoms with Crippen LogP contribution in [0.25, 0.3) is 0 Å². The van der Waals surface area contributed by atoms with Crippen LogP contribution in [0.5, 0.6) is 0 Å². The van der Waals surface area contributed by atoms with Gasteiger partial charge in [0.25, 0.3) is 6.43 Å². The fourth-order valence-corrected chi connectivity index (χ4v) is 2.50. The van der Waals surface area contributed by atoms with Gasteiger partial charge in [-0.05, 0) is 39.8 Å². The molecule has 0 atom stereocenters. The fourth-order valence-electron chi connectivity index (χ4n) is 1.18. The first-order chi connectivity index (χ1) is 7.45. The molecule has 0 bridgehead atoms. The van der Waals surface area contributed by atoms with Crippen LogP contribution in [0.1, 0.15) is 23.2 Å². The largest absolute Gasteiger partial charge is 0.481 e. The van der Waals surface area contributed by atoms with E-state index in [0.717, 1.165) is 0 Å². The highest BCUT2D eigenvalue weighted by molar-refractivity contribution is 14.1. The molecular weight excluding hydrogens is 399 g/mol. The molecule has 0 saturated heterocycles. The number of aromatic nitrogens is 1. The molecule has 1 heterocycles. The first kappa shape index (κ1) is 13.8. The van der Waals surface area contributed by atoms with Gasteiger partial charge in [0.1, 0.15) is 9.39 Å². The summed E-state index contributed by atoms with van der Waals surface area (Å²) in [5.41, 5.74) is 0.694. The van der Waals surface area contributed by atoms with Crippen LogP contribution in [0.2, 0.25) is 0 Å². The Bertz CT molecular complexity index is 415. The number of carboxylic acid groups (broad SMARTS) is 1. The van der Waals surface area contributed by atoms with Gasteiger partial charge in [0.05, 0.1) is 6.42 Å². The molecule has 0 spiro atoms. The van der Waals surface area contributed by atoms with Crippen molar-refractivity contribution < 1.29 is 18.7 Å². The van der Waals surface area contributed by atoms with Crippen LogP contribution < -0.4 is 0 Å². The normalized spacial score (nSPS) is 10.8. The molecule has 88 valence electrons.